The van der Waals surface area contributed by atoms with Gasteiger partial charge in [0.1, 0.15) is 5.75 Å². The van der Waals surface area contributed by atoms with Crippen LogP contribution in [0, 0.1) is 0 Å². The Labute approximate surface area is 217 Å². The minimum atomic E-state index is -1.04. The highest BCUT2D eigenvalue weighted by Crippen LogP contribution is 2.31. The highest BCUT2D eigenvalue weighted by molar-refractivity contribution is 5.87. The number of hydrogen-bond donors (Lipinski definition) is 2. The molecule has 0 amide bonds. The quantitative estimate of drug-likeness (QED) is 0.287. The molecule has 0 aliphatic carbocycles. The van der Waals surface area contributed by atoms with Crippen molar-refractivity contribution in [2.45, 2.75) is 13.1 Å². The predicted octanol–water partition coefficient (Wildman–Crippen LogP) is 3.62. The van der Waals surface area contributed by atoms with Crippen molar-refractivity contribution in [1.82, 2.24) is 19.3 Å². The van der Waals surface area contributed by atoms with Gasteiger partial charge in [0.15, 0.2) is 6.79 Å². The van der Waals surface area contributed by atoms with Crippen LogP contribution in [0.5, 0.6) is 5.75 Å². The molecule has 0 saturated carbocycles. The maximum absolute atomic E-state index is 12.6. The second kappa shape index (κ2) is 10.6. The number of nitrogen functional groups attached to an aromatic ring is 1. The molecular formula is C28H25N5O5. The first-order chi connectivity index (χ1) is 18.4. The van der Waals surface area contributed by atoms with Crippen LogP contribution >= 0.6 is 0 Å². The van der Waals surface area contributed by atoms with E-state index in [1.54, 1.807) is 18.2 Å². The third-order valence-corrected chi connectivity index (χ3v) is 6.05. The zero-order valence-electron chi connectivity index (χ0n) is 20.6. The van der Waals surface area contributed by atoms with Gasteiger partial charge in [0.25, 0.3) is 5.56 Å². The number of aromatic carboxylic acids is 1. The molecule has 2 aromatic heterocycles. The van der Waals surface area contributed by atoms with Crippen LogP contribution in [0.1, 0.15) is 21.5 Å². The number of rotatable bonds is 9. The fourth-order valence-electron chi connectivity index (χ4n) is 4.25. The van der Waals surface area contributed by atoms with Gasteiger partial charge in [0.2, 0.25) is 5.95 Å². The number of anilines is 1. The van der Waals surface area contributed by atoms with Gasteiger partial charge in [-0.05, 0) is 53.6 Å². The normalized spacial score (nSPS) is 11.1. The van der Waals surface area contributed by atoms with Gasteiger partial charge in [-0.15, -0.1) is 0 Å². The average Bonchev–Trinajstić information content (AvgIpc) is 3.24. The van der Waals surface area contributed by atoms with Gasteiger partial charge in [-0.25, -0.2) is 14.5 Å². The van der Waals surface area contributed by atoms with Crippen molar-refractivity contribution in [3.05, 3.63) is 106 Å². The number of carboxylic acid groups (broad SMARTS) is 1. The molecule has 0 radical (unpaired) electrons. The summed E-state index contributed by atoms with van der Waals surface area (Å²) < 4.78 is 14.1. The van der Waals surface area contributed by atoms with Crippen LogP contribution in [0.4, 0.5) is 5.95 Å². The monoisotopic (exact) mass is 511 g/mol. The molecule has 3 N–H and O–H groups in total. The number of hydrogen-bond acceptors (Lipinski definition) is 7. The predicted molar refractivity (Wildman–Crippen MR) is 142 cm³/mol. The summed E-state index contributed by atoms with van der Waals surface area (Å²) in [5.74, 6) is -0.101. The van der Waals surface area contributed by atoms with Crippen molar-refractivity contribution in [3.63, 3.8) is 0 Å². The Morgan fingerprint density at radius 1 is 0.974 bits per heavy atom. The molecule has 5 aromatic rings. The van der Waals surface area contributed by atoms with E-state index in [4.69, 9.17) is 15.2 Å². The van der Waals surface area contributed by atoms with Gasteiger partial charge in [-0.2, -0.15) is 5.10 Å². The molecule has 0 spiro atoms. The minimum Gasteiger partial charge on any atom is -0.478 e. The van der Waals surface area contributed by atoms with Crippen LogP contribution < -0.4 is 16.0 Å². The van der Waals surface area contributed by atoms with Gasteiger partial charge in [-0.3, -0.25) is 4.79 Å². The molecule has 3 aromatic carbocycles. The molecule has 10 heteroatoms. The lowest BCUT2D eigenvalue weighted by Crippen LogP contribution is -2.23. The van der Waals surface area contributed by atoms with Gasteiger partial charge in [0, 0.05) is 18.7 Å². The van der Waals surface area contributed by atoms with E-state index in [0.29, 0.717) is 35.1 Å². The zero-order valence-corrected chi connectivity index (χ0v) is 20.6. The first-order valence-electron chi connectivity index (χ1n) is 11.8. The summed E-state index contributed by atoms with van der Waals surface area (Å²) in [6.45, 7) is 0.609. The number of nitrogens with zero attached hydrogens (tertiary/aromatic N) is 4. The van der Waals surface area contributed by atoms with E-state index < -0.39 is 5.97 Å². The number of carbonyl (C=O) groups is 1. The first-order valence-corrected chi connectivity index (χ1v) is 11.8. The van der Waals surface area contributed by atoms with Gasteiger partial charge in [0.05, 0.1) is 35.4 Å². The fraction of sp³-hybridized carbons (Fsp3) is 0.143. The molecule has 0 aliphatic heterocycles. The van der Waals surface area contributed by atoms with Crippen LogP contribution in [0.15, 0.2) is 83.7 Å². The van der Waals surface area contributed by atoms with E-state index in [1.165, 1.54) is 30.0 Å². The number of fused-ring (bicyclic) bond motifs is 1. The number of ether oxygens (including phenoxy) is 2. The number of para-hydroxylation sites is 2. The molecule has 0 unspecified atom stereocenters. The van der Waals surface area contributed by atoms with Crippen molar-refractivity contribution < 1.29 is 19.4 Å². The third kappa shape index (κ3) is 5.11. The smallest absolute Gasteiger partial charge is 0.335 e. The Bertz CT molecular complexity index is 1690. The Hall–Kier alpha value is -4.96. The highest BCUT2D eigenvalue weighted by atomic mass is 16.7. The molecule has 10 nitrogen and oxygen atoms in total. The maximum atomic E-state index is 12.6. The molecule has 2 heterocycles. The molecule has 0 atom stereocenters. The van der Waals surface area contributed by atoms with Crippen molar-refractivity contribution in [2.24, 2.45) is 0 Å². The van der Waals surface area contributed by atoms with Crippen molar-refractivity contribution in [3.8, 4) is 17.0 Å². The summed E-state index contributed by atoms with van der Waals surface area (Å²) in [5, 5.41) is 13.9. The number of nitrogens with two attached hydrogens (primary N) is 1. The second-order valence-corrected chi connectivity index (χ2v) is 8.65. The molecule has 192 valence electrons. The number of methoxy groups -OCH3 is 1. The number of aromatic nitrogens is 4. The van der Waals surface area contributed by atoms with Gasteiger partial charge >= 0.3 is 5.97 Å². The molecule has 0 saturated heterocycles. The van der Waals surface area contributed by atoms with E-state index in [-0.39, 0.29) is 24.5 Å². The Kier molecular flexibility index (Phi) is 6.88. The molecule has 0 aliphatic rings. The standard InChI is InChI=1S/C28H25N5O5/c1-37-17-38-25-11-9-19(15-32-24-8-3-2-7-23(24)30-28(32)29)14-21(25)22-10-12-26(34)33(31-22)16-18-5-4-6-20(13-18)27(35)36/h2-14H,15-17H2,1H3,(H2,29,30)(H,35,36). The molecule has 0 fully saturated rings. The minimum absolute atomic E-state index is 0.0348. The lowest BCUT2D eigenvalue weighted by molar-refractivity contribution is 0.0515. The third-order valence-electron chi connectivity index (χ3n) is 6.05. The Balaban J connectivity index is 1.53. The van der Waals surface area contributed by atoms with Crippen LogP contribution in [0.25, 0.3) is 22.3 Å². The number of carboxylic acids is 1. The Morgan fingerprint density at radius 3 is 2.61 bits per heavy atom. The summed E-state index contributed by atoms with van der Waals surface area (Å²) in [5.41, 5.74) is 10.5. The molecular weight excluding hydrogens is 486 g/mol. The van der Waals surface area contributed by atoms with E-state index in [1.807, 2.05) is 47.0 Å². The summed E-state index contributed by atoms with van der Waals surface area (Å²) in [7, 11) is 1.53. The van der Waals surface area contributed by atoms with Crippen molar-refractivity contribution in [2.75, 3.05) is 19.6 Å². The summed E-state index contributed by atoms with van der Waals surface area (Å²) in [6.07, 6.45) is 0. The van der Waals surface area contributed by atoms with E-state index in [9.17, 15) is 14.7 Å². The molecule has 38 heavy (non-hydrogen) atoms. The average molecular weight is 512 g/mol. The van der Waals surface area contributed by atoms with E-state index in [0.717, 1.165) is 16.6 Å². The Morgan fingerprint density at radius 2 is 1.79 bits per heavy atom. The van der Waals surface area contributed by atoms with E-state index >= 15 is 0 Å². The lowest BCUT2D eigenvalue weighted by atomic mass is 10.1. The van der Waals surface area contributed by atoms with Crippen LogP contribution in [0.2, 0.25) is 0 Å². The zero-order chi connectivity index (χ0) is 26.6. The number of benzene rings is 3. The van der Waals surface area contributed by atoms with Crippen molar-refractivity contribution >= 4 is 23.0 Å². The van der Waals surface area contributed by atoms with Crippen molar-refractivity contribution in [1.29, 1.82) is 0 Å². The van der Waals surface area contributed by atoms with Crippen LogP contribution in [0.3, 0.4) is 0 Å². The summed E-state index contributed by atoms with van der Waals surface area (Å²) >= 11 is 0. The fourth-order valence-corrected chi connectivity index (χ4v) is 4.25. The van der Waals surface area contributed by atoms with Crippen LogP contribution in [-0.2, 0) is 17.8 Å². The topological polar surface area (TPSA) is 134 Å². The lowest BCUT2D eigenvalue weighted by Gasteiger charge is -2.15. The second-order valence-electron chi connectivity index (χ2n) is 8.65. The van der Waals surface area contributed by atoms with Crippen LogP contribution in [-0.4, -0.2) is 44.3 Å². The maximum Gasteiger partial charge on any atom is 0.335 e. The number of imidazole rings is 1. The summed E-state index contributed by atoms with van der Waals surface area (Å²) in [4.78, 5) is 28.4. The van der Waals surface area contributed by atoms with E-state index in [2.05, 4.69) is 10.1 Å². The van der Waals surface area contributed by atoms with Gasteiger partial charge < -0.3 is 24.9 Å². The molecule has 5 rings (SSSR count). The first kappa shape index (κ1) is 24.7. The SMILES string of the molecule is COCOc1ccc(Cn2c(N)nc3ccccc32)cc1-c1ccc(=O)n(Cc2cccc(C(=O)O)c2)n1. The summed E-state index contributed by atoms with van der Waals surface area (Å²) in [6, 6.07) is 22.9. The van der Waals surface area contributed by atoms with Gasteiger partial charge in [-0.1, -0.05) is 30.3 Å². The molecule has 0 bridgehead atoms. The largest absolute Gasteiger partial charge is 0.478 e. The highest BCUT2D eigenvalue weighted by Gasteiger charge is 2.14.